The highest BCUT2D eigenvalue weighted by molar-refractivity contribution is 9.10. The number of nitrogens with zero attached hydrogens (tertiary/aromatic N) is 2. The molecule has 20 heavy (non-hydrogen) atoms. The maximum absolute atomic E-state index is 11.8. The van der Waals surface area contributed by atoms with Crippen molar-refractivity contribution >= 4 is 44.4 Å². The van der Waals surface area contributed by atoms with Crippen molar-refractivity contribution in [2.24, 2.45) is 0 Å². The minimum atomic E-state index is -0.195. The minimum Gasteiger partial charge on any atom is -0.297 e. The van der Waals surface area contributed by atoms with Crippen molar-refractivity contribution in [3.8, 4) is 0 Å². The normalized spacial score (nSPS) is 14.7. The summed E-state index contributed by atoms with van der Waals surface area (Å²) >= 11 is 4.90. The zero-order chi connectivity index (χ0) is 13.9. The first kappa shape index (κ1) is 13.5. The van der Waals surface area contributed by atoms with Gasteiger partial charge in [-0.05, 0) is 30.5 Å². The molecular formula is C14H12BrN3OS. The zero-order valence-electron chi connectivity index (χ0n) is 10.5. The molecule has 1 N–H and O–H groups in total. The number of nitrogens with one attached hydrogen (secondary N) is 1. The summed E-state index contributed by atoms with van der Waals surface area (Å²) in [7, 11) is 0. The first-order valence-electron chi connectivity index (χ1n) is 6.29. The third kappa shape index (κ3) is 3.32. The van der Waals surface area contributed by atoms with Gasteiger partial charge in [0.15, 0.2) is 0 Å². The lowest BCUT2D eigenvalue weighted by atomic mass is 10.2. The molecule has 1 heterocycles. The van der Waals surface area contributed by atoms with E-state index in [1.54, 1.807) is 6.08 Å². The molecule has 0 spiro atoms. The molecule has 102 valence electrons. The van der Waals surface area contributed by atoms with Gasteiger partial charge >= 0.3 is 0 Å². The Labute approximate surface area is 129 Å². The summed E-state index contributed by atoms with van der Waals surface area (Å²) in [6.07, 6.45) is 5.63. The predicted molar refractivity (Wildman–Crippen MR) is 83.7 cm³/mol. The van der Waals surface area contributed by atoms with Gasteiger partial charge in [0.1, 0.15) is 5.01 Å². The maximum atomic E-state index is 11.8. The van der Waals surface area contributed by atoms with E-state index in [0.717, 1.165) is 15.0 Å². The Bertz CT molecular complexity index is 664. The third-order valence-electron chi connectivity index (χ3n) is 2.92. The Kier molecular flexibility index (Phi) is 3.93. The molecule has 2 aromatic rings. The summed E-state index contributed by atoms with van der Waals surface area (Å²) in [5.41, 5.74) is 0.957. The molecule has 0 radical (unpaired) electrons. The molecule has 0 bridgehead atoms. The highest BCUT2D eigenvalue weighted by Crippen LogP contribution is 2.42. The Hall–Kier alpha value is -1.53. The SMILES string of the molecule is O=C(C=Cc1ccccc1Br)Nc1nnc(C2CC2)s1. The molecular weight excluding hydrogens is 338 g/mol. The highest BCUT2D eigenvalue weighted by Gasteiger charge is 2.27. The third-order valence-corrected chi connectivity index (χ3v) is 4.64. The fraction of sp³-hybridized carbons (Fsp3) is 0.214. The molecule has 6 heteroatoms. The van der Waals surface area contributed by atoms with Crippen molar-refractivity contribution < 1.29 is 4.79 Å². The summed E-state index contributed by atoms with van der Waals surface area (Å²) in [6.45, 7) is 0. The second-order valence-corrected chi connectivity index (χ2v) is 6.43. The van der Waals surface area contributed by atoms with Crippen LogP contribution in [0.15, 0.2) is 34.8 Å². The number of carbonyl (C=O) groups excluding carboxylic acids is 1. The highest BCUT2D eigenvalue weighted by atomic mass is 79.9. The Balaban J connectivity index is 1.62. The summed E-state index contributed by atoms with van der Waals surface area (Å²) in [6, 6.07) is 7.73. The van der Waals surface area contributed by atoms with E-state index in [4.69, 9.17) is 0 Å². The van der Waals surface area contributed by atoms with E-state index in [9.17, 15) is 4.79 Å². The van der Waals surface area contributed by atoms with Crippen molar-refractivity contribution in [3.05, 3.63) is 45.4 Å². The molecule has 1 fully saturated rings. The number of amides is 1. The Morgan fingerprint density at radius 3 is 2.90 bits per heavy atom. The number of anilines is 1. The van der Waals surface area contributed by atoms with Gasteiger partial charge in [-0.15, -0.1) is 10.2 Å². The van der Waals surface area contributed by atoms with Gasteiger partial charge in [-0.2, -0.15) is 0 Å². The Morgan fingerprint density at radius 1 is 1.35 bits per heavy atom. The molecule has 1 aliphatic rings. The molecule has 1 aromatic carbocycles. The van der Waals surface area contributed by atoms with Crippen LogP contribution in [0.25, 0.3) is 6.08 Å². The number of rotatable bonds is 4. The number of halogens is 1. The van der Waals surface area contributed by atoms with Gasteiger partial charge in [-0.25, -0.2) is 0 Å². The lowest BCUT2D eigenvalue weighted by Crippen LogP contribution is -2.07. The quantitative estimate of drug-likeness (QED) is 0.853. The van der Waals surface area contributed by atoms with Crippen LogP contribution in [0, 0.1) is 0 Å². The molecule has 1 aliphatic carbocycles. The van der Waals surface area contributed by atoms with E-state index in [1.165, 1.54) is 30.3 Å². The molecule has 0 unspecified atom stereocenters. The lowest BCUT2D eigenvalue weighted by molar-refractivity contribution is -0.111. The van der Waals surface area contributed by atoms with Crippen molar-refractivity contribution in [1.29, 1.82) is 0 Å². The zero-order valence-corrected chi connectivity index (χ0v) is 12.9. The van der Waals surface area contributed by atoms with E-state index in [-0.39, 0.29) is 5.91 Å². The van der Waals surface area contributed by atoms with Gasteiger partial charge in [0.05, 0.1) is 0 Å². The molecule has 0 saturated heterocycles. The molecule has 0 atom stereocenters. The number of hydrogen-bond donors (Lipinski definition) is 1. The molecule has 1 amide bonds. The second-order valence-electron chi connectivity index (χ2n) is 4.56. The van der Waals surface area contributed by atoms with Crippen LogP contribution < -0.4 is 5.32 Å². The van der Waals surface area contributed by atoms with Crippen molar-refractivity contribution in [2.75, 3.05) is 5.32 Å². The summed E-state index contributed by atoms with van der Waals surface area (Å²) in [5, 5.41) is 12.4. The second kappa shape index (κ2) is 5.85. The van der Waals surface area contributed by atoms with Crippen LogP contribution in [0.2, 0.25) is 0 Å². The summed E-state index contributed by atoms with van der Waals surface area (Å²) in [4.78, 5) is 11.8. The summed E-state index contributed by atoms with van der Waals surface area (Å²) in [5.74, 6) is 0.369. The summed E-state index contributed by atoms with van der Waals surface area (Å²) < 4.78 is 0.955. The van der Waals surface area contributed by atoms with Gasteiger partial charge in [-0.1, -0.05) is 45.5 Å². The molecule has 1 aromatic heterocycles. The Morgan fingerprint density at radius 2 is 2.15 bits per heavy atom. The van der Waals surface area contributed by atoms with E-state index in [2.05, 4.69) is 31.4 Å². The van der Waals surface area contributed by atoms with Gasteiger partial charge in [0, 0.05) is 16.5 Å². The van der Waals surface area contributed by atoms with Gasteiger partial charge in [0.25, 0.3) is 0 Å². The van der Waals surface area contributed by atoms with Crippen molar-refractivity contribution in [2.45, 2.75) is 18.8 Å². The van der Waals surface area contributed by atoms with Crippen LogP contribution in [-0.2, 0) is 4.79 Å². The van der Waals surface area contributed by atoms with Crippen molar-refractivity contribution in [3.63, 3.8) is 0 Å². The fourth-order valence-electron chi connectivity index (χ4n) is 1.70. The van der Waals surface area contributed by atoms with Crippen LogP contribution in [-0.4, -0.2) is 16.1 Å². The average Bonchev–Trinajstić information content (AvgIpc) is 3.19. The molecule has 0 aliphatic heterocycles. The van der Waals surface area contributed by atoms with Gasteiger partial charge in [-0.3, -0.25) is 10.1 Å². The van der Waals surface area contributed by atoms with Gasteiger partial charge in [0.2, 0.25) is 11.0 Å². The largest absolute Gasteiger partial charge is 0.297 e. The van der Waals surface area contributed by atoms with E-state index < -0.39 is 0 Å². The van der Waals surface area contributed by atoms with Crippen LogP contribution in [0.1, 0.15) is 29.3 Å². The minimum absolute atomic E-state index is 0.195. The molecule has 3 rings (SSSR count). The maximum Gasteiger partial charge on any atom is 0.250 e. The van der Waals surface area contributed by atoms with E-state index in [0.29, 0.717) is 11.0 Å². The first-order chi connectivity index (χ1) is 9.72. The lowest BCUT2D eigenvalue weighted by Gasteiger charge is -1.97. The molecule has 4 nitrogen and oxygen atoms in total. The van der Waals surface area contributed by atoms with Gasteiger partial charge < -0.3 is 0 Å². The van der Waals surface area contributed by atoms with Crippen molar-refractivity contribution in [1.82, 2.24) is 10.2 Å². The topological polar surface area (TPSA) is 54.9 Å². The monoisotopic (exact) mass is 349 g/mol. The van der Waals surface area contributed by atoms with E-state index >= 15 is 0 Å². The molecule has 1 saturated carbocycles. The average molecular weight is 350 g/mol. The smallest absolute Gasteiger partial charge is 0.250 e. The standard InChI is InChI=1S/C14H12BrN3OS/c15-11-4-2-1-3-9(11)7-8-12(19)16-14-18-17-13(20-14)10-5-6-10/h1-4,7-8,10H,5-6H2,(H,16,18,19). The number of benzene rings is 1. The number of hydrogen-bond acceptors (Lipinski definition) is 4. The van der Waals surface area contributed by atoms with E-state index in [1.807, 2.05) is 24.3 Å². The number of aromatic nitrogens is 2. The number of carbonyl (C=O) groups is 1. The predicted octanol–water partition coefficient (Wildman–Crippen LogP) is 3.83. The first-order valence-corrected chi connectivity index (χ1v) is 7.90. The fourth-order valence-corrected chi connectivity index (χ4v) is 3.04. The van der Waals surface area contributed by atoms with Crippen LogP contribution in [0.3, 0.4) is 0 Å². The van der Waals surface area contributed by atoms with Crippen LogP contribution in [0.4, 0.5) is 5.13 Å². The van der Waals surface area contributed by atoms with Crippen LogP contribution >= 0.6 is 27.3 Å². The van der Waals surface area contributed by atoms with Crippen LogP contribution in [0.5, 0.6) is 0 Å².